The van der Waals surface area contributed by atoms with Gasteiger partial charge >= 0.3 is 0 Å². The van der Waals surface area contributed by atoms with Crippen molar-refractivity contribution in [3.05, 3.63) is 57.5 Å². The SMILES string of the molecule is CCc1c(C)cc(N=O)cc1C(C)=O.Cc1ccc(NC(=O)C2CCC(C)CC2)cc1O. The fourth-order valence-electron chi connectivity index (χ4n) is 4.09. The van der Waals surface area contributed by atoms with Gasteiger partial charge in [-0.05, 0) is 98.9 Å². The highest BCUT2D eigenvalue weighted by atomic mass is 16.3. The van der Waals surface area contributed by atoms with Crippen molar-refractivity contribution in [3.63, 3.8) is 0 Å². The van der Waals surface area contributed by atoms with E-state index in [1.165, 1.54) is 6.92 Å². The van der Waals surface area contributed by atoms with Crippen LogP contribution in [0.25, 0.3) is 0 Å². The number of Topliss-reactive ketones (excluding diaryl/α,β-unsaturated/α-hetero) is 1. The van der Waals surface area contributed by atoms with Gasteiger partial charge in [-0.3, -0.25) is 9.59 Å². The first-order valence-corrected chi connectivity index (χ1v) is 11.2. The van der Waals surface area contributed by atoms with Gasteiger partial charge in [0.1, 0.15) is 11.4 Å². The average Bonchev–Trinajstić information content (AvgIpc) is 2.76. The number of aromatic hydroxyl groups is 1. The number of hydrogen-bond donors (Lipinski definition) is 2. The van der Waals surface area contributed by atoms with Crippen LogP contribution in [0.5, 0.6) is 5.75 Å². The van der Waals surface area contributed by atoms with Crippen molar-refractivity contribution < 1.29 is 14.7 Å². The predicted octanol–water partition coefficient (Wildman–Crippen LogP) is 6.62. The number of rotatable bonds is 5. The Labute approximate surface area is 190 Å². The lowest BCUT2D eigenvalue weighted by Gasteiger charge is -2.25. The minimum Gasteiger partial charge on any atom is -0.508 e. The Morgan fingerprint density at radius 2 is 1.72 bits per heavy atom. The molecule has 0 saturated heterocycles. The summed E-state index contributed by atoms with van der Waals surface area (Å²) in [5.41, 5.74) is 4.40. The molecule has 1 aliphatic carbocycles. The number of ketones is 1. The molecule has 0 bridgehead atoms. The largest absolute Gasteiger partial charge is 0.508 e. The van der Waals surface area contributed by atoms with Crippen molar-refractivity contribution >= 4 is 23.1 Å². The number of hydrogen-bond acceptors (Lipinski definition) is 5. The Kier molecular flexibility index (Phi) is 9.12. The van der Waals surface area contributed by atoms with Crippen LogP contribution < -0.4 is 5.32 Å². The molecule has 1 saturated carbocycles. The number of nitrogens with zero attached hydrogens (tertiary/aromatic N) is 1. The zero-order chi connectivity index (χ0) is 23.8. The summed E-state index contributed by atoms with van der Waals surface area (Å²) in [5, 5.41) is 15.3. The fraction of sp³-hybridized carbons (Fsp3) is 0.462. The third-order valence-corrected chi connectivity index (χ3v) is 6.16. The second-order valence-electron chi connectivity index (χ2n) is 8.74. The van der Waals surface area contributed by atoms with Crippen LogP contribution >= 0.6 is 0 Å². The molecule has 1 amide bonds. The number of amides is 1. The van der Waals surface area contributed by atoms with E-state index in [2.05, 4.69) is 17.4 Å². The molecule has 1 fully saturated rings. The molecular formula is C26H34N2O4. The Bertz CT molecular complexity index is 976. The predicted molar refractivity (Wildman–Crippen MR) is 129 cm³/mol. The van der Waals surface area contributed by atoms with E-state index < -0.39 is 0 Å². The van der Waals surface area contributed by atoms with Gasteiger partial charge in [0, 0.05) is 23.2 Å². The van der Waals surface area contributed by atoms with E-state index in [4.69, 9.17) is 0 Å². The third kappa shape index (κ3) is 6.74. The van der Waals surface area contributed by atoms with Gasteiger partial charge < -0.3 is 10.4 Å². The number of carbonyl (C=O) groups excluding carboxylic acids is 2. The molecule has 6 heteroatoms. The maximum absolute atomic E-state index is 12.1. The van der Waals surface area contributed by atoms with Crippen LogP contribution in [0.4, 0.5) is 11.4 Å². The molecule has 0 unspecified atom stereocenters. The summed E-state index contributed by atoms with van der Waals surface area (Å²) in [6, 6.07) is 8.52. The minimum atomic E-state index is -0.0181. The third-order valence-electron chi connectivity index (χ3n) is 6.16. The number of aryl methyl sites for hydroxylation is 2. The molecule has 0 spiro atoms. The number of nitrogens with one attached hydrogen (secondary N) is 1. The highest BCUT2D eigenvalue weighted by Gasteiger charge is 2.24. The van der Waals surface area contributed by atoms with Crippen molar-refractivity contribution in [2.45, 2.75) is 66.7 Å². The lowest BCUT2D eigenvalue weighted by Crippen LogP contribution is -2.26. The number of benzene rings is 2. The van der Waals surface area contributed by atoms with E-state index in [0.717, 1.165) is 54.7 Å². The number of anilines is 1. The Hall–Kier alpha value is -3.02. The summed E-state index contributed by atoms with van der Waals surface area (Å²) in [5.74, 6) is 1.17. The molecule has 2 aromatic rings. The standard InChI is InChI=1S/C15H21NO2.C11H13NO2/c1-10-3-6-12(7-4-10)15(18)16-13-8-5-11(2)14(17)9-13;1-4-10-7(2)5-9(12-14)6-11(10)8(3)13/h5,8-10,12,17H,3-4,6-7H2,1-2H3,(H,16,18);5-6H,4H2,1-3H3. The van der Waals surface area contributed by atoms with Gasteiger partial charge in [0.15, 0.2) is 5.78 Å². The first kappa shape index (κ1) is 25.2. The molecule has 32 heavy (non-hydrogen) atoms. The van der Waals surface area contributed by atoms with Crippen LogP contribution in [0.1, 0.15) is 73.5 Å². The lowest BCUT2D eigenvalue weighted by atomic mass is 9.82. The van der Waals surface area contributed by atoms with Crippen LogP contribution in [0.2, 0.25) is 0 Å². The molecular weight excluding hydrogens is 404 g/mol. The highest BCUT2D eigenvalue weighted by Crippen LogP contribution is 2.30. The van der Waals surface area contributed by atoms with Gasteiger partial charge in [-0.15, -0.1) is 4.91 Å². The first-order chi connectivity index (χ1) is 15.2. The summed E-state index contributed by atoms with van der Waals surface area (Å²) in [7, 11) is 0. The summed E-state index contributed by atoms with van der Waals surface area (Å²) in [6.07, 6.45) is 5.02. The second-order valence-corrected chi connectivity index (χ2v) is 8.74. The van der Waals surface area contributed by atoms with Gasteiger partial charge in [-0.2, -0.15) is 0 Å². The molecule has 2 aromatic carbocycles. The van der Waals surface area contributed by atoms with Gasteiger partial charge in [-0.1, -0.05) is 19.9 Å². The van der Waals surface area contributed by atoms with Gasteiger partial charge in [-0.25, -0.2) is 0 Å². The molecule has 0 aliphatic heterocycles. The topological polar surface area (TPSA) is 95.8 Å². The molecule has 0 radical (unpaired) electrons. The van der Waals surface area contributed by atoms with Crippen LogP contribution in [0.3, 0.4) is 0 Å². The number of phenols is 1. The smallest absolute Gasteiger partial charge is 0.227 e. The monoisotopic (exact) mass is 438 g/mol. The number of phenolic OH excluding ortho intramolecular Hbond substituents is 1. The molecule has 0 aromatic heterocycles. The molecule has 172 valence electrons. The van der Waals surface area contributed by atoms with Crippen LogP contribution in [-0.2, 0) is 11.2 Å². The quantitative estimate of drug-likeness (QED) is 0.405. The maximum Gasteiger partial charge on any atom is 0.227 e. The van der Waals surface area contributed by atoms with E-state index in [1.807, 2.05) is 32.9 Å². The first-order valence-electron chi connectivity index (χ1n) is 11.2. The Morgan fingerprint density at radius 3 is 2.25 bits per heavy atom. The summed E-state index contributed by atoms with van der Waals surface area (Å²) >= 11 is 0. The van der Waals surface area contributed by atoms with Crippen LogP contribution in [-0.4, -0.2) is 16.8 Å². The summed E-state index contributed by atoms with van der Waals surface area (Å²) < 4.78 is 0. The van der Waals surface area contributed by atoms with E-state index in [0.29, 0.717) is 16.9 Å². The van der Waals surface area contributed by atoms with Crippen molar-refractivity contribution in [3.8, 4) is 5.75 Å². The number of carbonyl (C=O) groups is 2. The average molecular weight is 439 g/mol. The Balaban J connectivity index is 0.000000235. The van der Waals surface area contributed by atoms with Crippen molar-refractivity contribution in [1.29, 1.82) is 0 Å². The molecule has 0 atom stereocenters. The van der Waals surface area contributed by atoms with E-state index >= 15 is 0 Å². The molecule has 6 nitrogen and oxygen atoms in total. The van der Waals surface area contributed by atoms with E-state index in [1.54, 1.807) is 18.2 Å². The second kappa shape index (κ2) is 11.6. The van der Waals surface area contributed by atoms with Crippen LogP contribution in [0, 0.1) is 30.6 Å². The number of nitroso groups, excluding NO2 is 1. The maximum atomic E-state index is 12.1. The van der Waals surface area contributed by atoms with Crippen LogP contribution in [0.15, 0.2) is 35.5 Å². The van der Waals surface area contributed by atoms with E-state index in [-0.39, 0.29) is 23.4 Å². The van der Waals surface area contributed by atoms with Crippen molar-refractivity contribution in [2.75, 3.05) is 5.32 Å². The van der Waals surface area contributed by atoms with Gasteiger partial charge in [0.05, 0.1) is 0 Å². The molecule has 0 heterocycles. The zero-order valence-electron chi connectivity index (χ0n) is 19.7. The molecule has 3 rings (SSSR count). The summed E-state index contributed by atoms with van der Waals surface area (Å²) in [4.78, 5) is 33.8. The highest BCUT2D eigenvalue weighted by molar-refractivity contribution is 5.96. The molecule has 1 aliphatic rings. The molecule has 2 N–H and O–H groups in total. The van der Waals surface area contributed by atoms with Gasteiger partial charge in [0.25, 0.3) is 0 Å². The van der Waals surface area contributed by atoms with Crippen molar-refractivity contribution in [2.24, 2.45) is 17.0 Å². The fourth-order valence-corrected chi connectivity index (χ4v) is 4.09. The van der Waals surface area contributed by atoms with E-state index in [9.17, 15) is 19.6 Å². The normalized spacial score (nSPS) is 17.7. The summed E-state index contributed by atoms with van der Waals surface area (Å²) in [6.45, 7) is 9.46. The van der Waals surface area contributed by atoms with Crippen molar-refractivity contribution in [1.82, 2.24) is 0 Å². The zero-order valence-corrected chi connectivity index (χ0v) is 19.7. The Morgan fingerprint density at radius 1 is 1.06 bits per heavy atom. The van der Waals surface area contributed by atoms with Gasteiger partial charge in [0.2, 0.25) is 5.91 Å². The lowest BCUT2D eigenvalue weighted by molar-refractivity contribution is -0.121. The minimum absolute atomic E-state index is 0.0181.